The first-order valence-corrected chi connectivity index (χ1v) is 8.10. The van der Waals surface area contributed by atoms with E-state index in [0.717, 1.165) is 15.7 Å². The highest BCUT2D eigenvalue weighted by Crippen LogP contribution is 2.32. The lowest BCUT2D eigenvalue weighted by Gasteiger charge is -2.18. The van der Waals surface area contributed by atoms with Crippen molar-refractivity contribution in [2.24, 2.45) is 7.05 Å². The van der Waals surface area contributed by atoms with E-state index in [0.29, 0.717) is 11.3 Å². The summed E-state index contributed by atoms with van der Waals surface area (Å²) in [6.45, 7) is 1.83. The van der Waals surface area contributed by atoms with Gasteiger partial charge in [0.2, 0.25) is 0 Å². The van der Waals surface area contributed by atoms with Gasteiger partial charge in [0.1, 0.15) is 11.9 Å². The van der Waals surface area contributed by atoms with E-state index in [4.69, 9.17) is 10.5 Å². The topological polar surface area (TPSA) is 66.0 Å². The van der Waals surface area contributed by atoms with Crippen LogP contribution in [0.15, 0.2) is 47.2 Å². The van der Waals surface area contributed by atoms with Crippen LogP contribution < -0.4 is 10.5 Å². The molecule has 2 heterocycles. The van der Waals surface area contributed by atoms with Crippen molar-refractivity contribution < 1.29 is 9.13 Å². The van der Waals surface area contributed by atoms with Gasteiger partial charge >= 0.3 is 0 Å². The maximum absolute atomic E-state index is 13.5. The number of aromatic nitrogens is 3. The van der Waals surface area contributed by atoms with E-state index in [1.165, 1.54) is 12.1 Å². The molecule has 1 aromatic carbocycles. The van der Waals surface area contributed by atoms with Crippen LogP contribution >= 0.6 is 15.9 Å². The Morgan fingerprint density at radius 1 is 1.29 bits per heavy atom. The smallest absolute Gasteiger partial charge is 0.166 e. The molecular formula is C17H16BrFN4O. The molecule has 0 aliphatic rings. The second-order valence-corrected chi connectivity index (χ2v) is 6.23. The third kappa shape index (κ3) is 3.26. The number of hydrogen-bond acceptors (Lipinski definition) is 4. The Morgan fingerprint density at radius 3 is 2.79 bits per heavy atom. The first kappa shape index (κ1) is 16.4. The van der Waals surface area contributed by atoms with Gasteiger partial charge in [-0.1, -0.05) is 15.9 Å². The number of benzene rings is 1. The van der Waals surface area contributed by atoms with Gasteiger partial charge in [0, 0.05) is 35.0 Å². The summed E-state index contributed by atoms with van der Waals surface area (Å²) in [4.78, 5) is 4.19. The fourth-order valence-electron chi connectivity index (χ4n) is 2.43. The van der Waals surface area contributed by atoms with E-state index >= 15 is 0 Å². The van der Waals surface area contributed by atoms with E-state index in [2.05, 4.69) is 26.0 Å². The predicted molar refractivity (Wildman–Crippen MR) is 94.0 cm³/mol. The molecule has 0 radical (unpaired) electrons. The Hall–Kier alpha value is -2.41. The van der Waals surface area contributed by atoms with Crippen LogP contribution in [-0.2, 0) is 7.05 Å². The van der Waals surface area contributed by atoms with Crippen LogP contribution in [0.25, 0.3) is 11.3 Å². The van der Waals surface area contributed by atoms with Crippen molar-refractivity contribution in [3.8, 4) is 17.0 Å². The predicted octanol–water partition coefficient (Wildman–Crippen LogP) is 4.11. The molecule has 5 nitrogen and oxygen atoms in total. The van der Waals surface area contributed by atoms with Crippen LogP contribution in [0.4, 0.5) is 10.2 Å². The lowest BCUT2D eigenvalue weighted by molar-refractivity contribution is 0.226. The molecule has 0 spiro atoms. The number of nitrogens with zero attached hydrogens (tertiary/aromatic N) is 3. The van der Waals surface area contributed by atoms with Crippen molar-refractivity contribution in [2.45, 2.75) is 13.0 Å². The zero-order valence-corrected chi connectivity index (χ0v) is 14.8. The van der Waals surface area contributed by atoms with E-state index in [9.17, 15) is 4.39 Å². The van der Waals surface area contributed by atoms with Crippen LogP contribution in [0.5, 0.6) is 5.75 Å². The summed E-state index contributed by atoms with van der Waals surface area (Å²) in [5.74, 6) is 0.399. The van der Waals surface area contributed by atoms with Crippen LogP contribution in [0, 0.1) is 5.82 Å². The van der Waals surface area contributed by atoms with Gasteiger partial charge in [0.15, 0.2) is 11.6 Å². The quantitative estimate of drug-likeness (QED) is 0.727. The minimum Gasteiger partial charge on any atom is -0.482 e. The van der Waals surface area contributed by atoms with Crippen molar-refractivity contribution in [3.63, 3.8) is 0 Å². The van der Waals surface area contributed by atoms with Gasteiger partial charge in [-0.25, -0.2) is 9.37 Å². The molecular weight excluding hydrogens is 375 g/mol. The van der Waals surface area contributed by atoms with Crippen molar-refractivity contribution >= 4 is 21.7 Å². The molecule has 124 valence electrons. The van der Waals surface area contributed by atoms with Crippen molar-refractivity contribution in [3.05, 3.63) is 58.6 Å². The molecule has 0 amide bonds. The Morgan fingerprint density at radius 2 is 2.08 bits per heavy atom. The summed E-state index contributed by atoms with van der Waals surface area (Å²) >= 11 is 3.41. The molecule has 0 fully saturated rings. The second kappa shape index (κ2) is 6.60. The number of nitrogen functional groups attached to an aromatic ring is 1. The molecule has 24 heavy (non-hydrogen) atoms. The third-order valence-electron chi connectivity index (χ3n) is 3.70. The largest absolute Gasteiger partial charge is 0.482 e. The van der Waals surface area contributed by atoms with Gasteiger partial charge in [0.05, 0.1) is 5.69 Å². The number of pyridine rings is 1. The monoisotopic (exact) mass is 390 g/mol. The lowest BCUT2D eigenvalue weighted by Crippen LogP contribution is -2.07. The summed E-state index contributed by atoms with van der Waals surface area (Å²) < 4.78 is 21.9. The van der Waals surface area contributed by atoms with Crippen molar-refractivity contribution in [2.75, 3.05) is 5.73 Å². The highest BCUT2D eigenvalue weighted by molar-refractivity contribution is 9.10. The van der Waals surface area contributed by atoms with Gasteiger partial charge < -0.3 is 10.5 Å². The van der Waals surface area contributed by atoms with E-state index < -0.39 is 6.10 Å². The van der Waals surface area contributed by atoms with Crippen LogP contribution in [0.2, 0.25) is 0 Å². The Bertz CT molecular complexity index is 881. The third-order valence-corrected chi connectivity index (χ3v) is 4.42. The molecule has 0 aliphatic heterocycles. The number of aryl methyl sites for hydroxylation is 1. The highest BCUT2D eigenvalue weighted by atomic mass is 79.9. The number of nitrogens with two attached hydrogens (primary N) is 1. The van der Waals surface area contributed by atoms with E-state index in [1.807, 2.05) is 26.1 Å². The summed E-state index contributed by atoms with van der Waals surface area (Å²) in [5.41, 5.74) is 8.36. The zero-order chi connectivity index (χ0) is 17.3. The van der Waals surface area contributed by atoms with E-state index in [1.54, 1.807) is 23.1 Å². The fourth-order valence-corrected chi connectivity index (χ4v) is 3.00. The summed E-state index contributed by atoms with van der Waals surface area (Å²) in [6.07, 6.45) is 2.97. The molecule has 7 heteroatoms. The van der Waals surface area contributed by atoms with Gasteiger partial charge in [-0.2, -0.15) is 5.10 Å². The molecule has 0 bridgehead atoms. The summed E-state index contributed by atoms with van der Waals surface area (Å²) in [6, 6.07) is 8.16. The molecule has 2 aromatic heterocycles. The molecule has 3 rings (SSSR count). The Kier molecular flexibility index (Phi) is 4.53. The fraction of sp³-hybridized carbons (Fsp3) is 0.176. The minimum atomic E-state index is -0.402. The highest BCUT2D eigenvalue weighted by Gasteiger charge is 2.15. The lowest BCUT2D eigenvalue weighted by atomic mass is 10.1. The Balaban J connectivity index is 1.92. The summed E-state index contributed by atoms with van der Waals surface area (Å²) in [5, 5.41) is 4.14. The van der Waals surface area contributed by atoms with E-state index in [-0.39, 0.29) is 11.6 Å². The molecule has 1 unspecified atom stereocenters. The molecule has 3 aromatic rings. The standard InChI is InChI=1S/C17H16BrFN4O/c1-10(13-8-12(19)3-4-14(13)18)24-16-7-11(9-21-17(16)20)15-5-6-22-23(15)2/h3-10H,1-2H3,(H2,20,21). The molecule has 1 atom stereocenters. The van der Waals surface area contributed by atoms with Crippen molar-refractivity contribution in [1.29, 1.82) is 0 Å². The summed E-state index contributed by atoms with van der Waals surface area (Å²) in [7, 11) is 1.85. The van der Waals surface area contributed by atoms with Gasteiger partial charge in [-0.15, -0.1) is 0 Å². The normalized spacial score (nSPS) is 12.2. The van der Waals surface area contributed by atoms with Crippen LogP contribution in [0.1, 0.15) is 18.6 Å². The van der Waals surface area contributed by atoms with Gasteiger partial charge in [-0.05, 0) is 37.3 Å². The average molecular weight is 391 g/mol. The SMILES string of the molecule is CC(Oc1cc(-c2ccnn2C)cnc1N)c1cc(F)ccc1Br. The molecule has 0 saturated heterocycles. The molecule has 0 saturated carbocycles. The average Bonchev–Trinajstić information content (AvgIpc) is 2.98. The first-order chi connectivity index (χ1) is 11.5. The van der Waals surface area contributed by atoms with Crippen LogP contribution in [-0.4, -0.2) is 14.8 Å². The number of halogens is 2. The maximum Gasteiger partial charge on any atom is 0.166 e. The van der Waals surface area contributed by atoms with Crippen LogP contribution in [0.3, 0.4) is 0 Å². The van der Waals surface area contributed by atoms with Gasteiger partial charge in [0.25, 0.3) is 0 Å². The van der Waals surface area contributed by atoms with Crippen molar-refractivity contribution in [1.82, 2.24) is 14.8 Å². The maximum atomic E-state index is 13.5. The zero-order valence-electron chi connectivity index (χ0n) is 13.2. The Labute approximate surface area is 147 Å². The second-order valence-electron chi connectivity index (χ2n) is 5.37. The minimum absolute atomic E-state index is 0.278. The first-order valence-electron chi connectivity index (χ1n) is 7.31. The number of ether oxygens (including phenoxy) is 1. The molecule has 2 N–H and O–H groups in total. The number of rotatable bonds is 4. The van der Waals surface area contributed by atoms with Gasteiger partial charge in [-0.3, -0.25) is 4.68 Å². The number of anilines is 1. The molecule has 0 aliphatic carbocycles. The number of hydrogen-bond donors (Lipinski definition) is 1.